The van der Waals surface area contributed by atoms with Crippen LogP contribution in [0, 0.1) is 5.92 Å². The summed E-state index contributed by atoms with van der Waals surface area (Å²) in [6.45, 7) is 6.81. The third kappa shape index (κ3) is 3.59. The average Bonchev–Trinajstić information content (AvgIpc) is 2.84. The first-order valence-electron chi connectivity index (χ1n) is 4.89. The Morgan fingerprint density at radius 2 is 2.46 bits per heavy atom. The highest BCUT2D eigenvalue weighted by molar-refractivity contribution is 5.78. The summed E-state index contributed by atoms with van der Waals surface area (Å²) in [4.78, 5) is 11.2. The van der Waals surface area contributed by atoms with Gasteiger partial charge >= 0.3 is 0 Å². The van der Waals surface area contributed by atoms with Crippen molar-refractivity contribution < 1.29 is 4.79 Å². The van der Waals surface area contributed by atoms with Crippen molar-refractivity contribution in [2.24, 2.45) is 5.92 Å². The first-order valence-corrected chi connectivity index (χ1v) is 4.89. The molecular weight excluding hydrogens is 164 g/mol. The summed E-state index contributed by atoms with van der Waals surface area (Å²) in [6.07, 6.45) is 4.08. The molecule has 0 aromatic rings. The first-order chi connectivity index (χ1) is 6.27. The maximum absolute atomic E-state index is 11.2. The number of carbonyl (C=O) groups excluding carboxylic acids is 1. The SMILES string of the molecule is C=CCNCC(=O)NC1CC1CC. The lowest BCUT2D eigenvalue weighted by atomic mass is 10.3. The summed E-state index contributed by atoms with van der Waals surface area (Å²) in [5.41, 5.74) is 0. The maximum atomic E-state index is 11.2. The lowest BCUT2D eigenvalue weighted by Crippen LogP contribution is -2.35. The lowest BCUT2D eigenvalue weighted by molar-refractivity contribution is -0.120. The molecule has 0 aromatic carbocycles. The van der Waals surface area contributed by atoms with Crippen LogP contribution in [0.2, 0.25) is 0 Å². The van der Waals surface area contributed by atoms with E-state index in [1.165, 1.54) is 6.42 Å². The van der Waals surface area contributed by atoms with E-state index in [1.54, 1.807) is 6.08 Å². The van der Waals surface area contributed by atoms with Gasteiger partial charge in [-0.15, -0.1) is 6.58 Å². The molecule has 1 rings (SSSR count). The van der Waals surface area contributed by atoms with Crippen LogP contribution >= 0.6 is 0 Å². The van der Waals surface area contributed by atoms with Crippen LogP contribution < -0.4 is 10.6 Å². The zero-order chi connectivity index (χ0) is 9.68. The third-order valence-electron chi connectivity index (χ3n) is 2.37. The maximum Gasteiger partial charge on any atom is 0.234 e. The Morgan fingerprint density at radius 1 is 1.69 bits per heavy atom. The molecule has 2 atom stereocenters. The molecule has 1 aliphatic carbocycles. The average molecular weight is 182 g/mol. The van der Waals surface area contributed by atoms with Crippen LogP contribution in [0.15, 0.2) is 12.7 Å². The molecule has 0 radical (unpaired) electrons. The number of amides is 1. The topological polar surface area (TPSA) is 41.1 Å². The molecule has 3 heteroatoms. The van der Waals surface area contributed by atoms with Gasteiger partial charge in [0.15, 0.2) is 0 Å². The normalized spacial score (nSPS) is 25.3. The number of hydrogen-bond donors (Lipinski definition) is 2. The van der Waals surface area contributed by atoms with Crippen molar-refractivity contribution in [3.05, 3.63) is 12.7 Å². The second-order valence-corrected chi connectivity index (χ2v) is 3.50. The van der Waals surface area contributed by atoms with Gasteiger partial charge in [-0.25, -0.2) is 0 Å². The van der Waals surface area contributed by atoms with E-state index >= 15 is 0 Å². The zero-order valence-electron chi connectivity index (χ0n) is 8.18. The molecule has 0 aromatic heterocycles. The highest BCUT2D eigenvalue weighted by Gasteiger charge is 2.36. The van der Waals surface area contributed by atoms with Gasteiger partial charge in [-0.2, -0.15) is 0 Å². The molecule has 3 nitrogen and oxygen atoms in total. The molecule has 2 unspecified atom stereocenters. The van der Waals surface area contributed by atoms with Crippen molar-refractivity contribution in [1.82, 2.24) is 10.6 Å². The van der Waals surface area contributed by atoms with E-state index in [-0.39, 0.29) is 5.91 Å². The van der Waals surface area contributed by atoms with Gasteiger partial charge in [0.2, 0.25) is 5.91 Å². The number of hydrogen-bond acceptors (Lipinski definition) is 2. The molecule has 0 aliphatic heterocycles. The Balaban J connectivity index is 2.02. The van der Waals surface area contributed by atoms with Crippen molar-refractivity contribution in [2.45, 2.75) is 25.8 Å². The number of carbonyl (C=O) groups is 1. The first kappa shape index (κ1) is 10.3. The quantitative estimate of drug-likeness (QED) is 0.468. The third-order valence-corrected chi connectivity index (χ3v) is 2.37. The summed E-state index contributed by atoms with van der Waals surface area (Å²) in [7, 11) is 0. The molecule has 0 heterocycles. The molecule has 1 saturated carbocycles. The van der Waals surface area contributed by atoms with Gasteiger partial charge in [0.25, 0.3) is 0 Å². The van der Waals surface area contributed by atoms with E-state index in [9.17, 15) is 4.79 Å². The van der Waals surface area contributed by atoms with Gasteiger partial charge in [0, 0.05) is 12.6 Å². The Kier molecular flexibility index (Phi) is 3.96. The Morgan fingerprint density at radius 3 is 3.00 bits per heavy atom. The summed E-state index contributed by atoms with van der Waals surface area (Å²) < 4.78 is 0. The molecule has 1 aliphatic rings. The molecule has 1 fully saturated rings. The van der Waals surface area contributed by atoms with E-state index in [4.69, 9.17) is 0 Å². The Labute approximate surface area is 79.6 Å². The van der Waals surface area contributed by atoms with Crippen LogP contribution in [0.1, 0.15) is 19.8 Å². The molecule has 2 N–H and O–H groups in total. The van der Waals surface area contributed by atoms with Crippen molar-refractivity contribution in [2.75, 3.05) is 13.1 Å². The summed E-state index contributed by atoms with van der Waals surface area (Å²) in [5, 5.41) is 5.95. The molecule has 74 valence electrons. The minimum atomic E-state index is 0.0998. The minimum absolute atomic E-state index is 0.0998. The molecule has 0 saturated heterocycles. The molecule has 1 amide bonds. The summed E-state index contributed by atoms with van der Waals surface area (Å²) in [6, 6.07) is 0.447. The number of rotatable bonds is 6. The van der Waals surface area contributed by atoms with Gasteiger partial charge < -0.3 is 10.6 Å². The lowest BCUT2D eigenvalue weighted by Gasteiger charge is -2.03. The molecule has 13 heavy (non-hydrogen) atoms. The fourth-order valence-electron chi connectivity index (χ4n) is 1.42. The summed E-state index contributed by atoms with van der Waals surface area (Å²) in [5.74, 6) is 0.825. The fraction of sp³-hybridized carbons (Fsp3) is 0.700. The van der Waals surface area contributed by atoms with E-state index in [2.05, 4.69) is 24.1 Å². The predicted molar refractivity (Wildman–Crippen MR) is 53.4 cm³/mol. The van der Waals surface area contributed by atoms with Crippen molar-refractivity contribution in [3.8, 4) is 0 Å². The standard InChI is InChI=1S/C10H18N2O/c1-3-5-11-7-10(13)12-9-6-8(9)4-2/h3,8-9,11H,1,4-7H2,2H3,(H,12,13). The highest BCUT2D eigenvalue weighted by Crippen LogP contribution is 2.32. The Hall–Kier alpha value is -0.830. The molecule has 0 bridgehead atoms. The van der Waals surface area contributed by atoms with Gasteiger partial charge in [0.05, 0.1) is 6.54 Å². The molecular formula is C10H18N2O. The predicted octanol–water partition coefficient (Wildman–Crippen LogP) is 0.677. The van der Waals surface area contributed by atoms with Crippen LogP contribution in [0.5, 0.6) is 0 Å². The smallest absolute Gasteiger partial charge is 0.234 e. The van der Waals surface area contributed by atoms with Crippen LogP contribution in [-0.2, 0) is 4.79 Å². The minimum Gasteiger partial charge on any atom is -0.352 e. The van der Waals surface area contributed by atoms with Crippen LogP contribution in [0.25, 0.3) is 0 Å². The van der Waals surface area contributed by atoms with Crippen LogP contribution in [0.4, 0.5) is 0 Å². The van der Waals surface area contributed by atoms with Crippen molar-refractivity contribution >= 4 is 5.91 Å². The van der Waals surface area contributed by atoms with Gasteiger partial charge in [-0.3, -0.25) is 4.79 Å². The van der Waals surface area contributed by atoms with Crippen molar-refractivity contribution in [1.29, 1.82) is 0 Å². The van der Waals surface area contributed by atoms with E-state index in [0.29, 0.717) is 19.1 Å². The van der Waals surface area contributed by atoms with E-state index in [1.807, 2.05) is 0 Å². The highest BCUT2D eigenvalue weighted by atomic mass is 16.2. The second kappa shape index (κ2) is 5.02. The summed E-state index contributed by atoms with van der Waals surface area (Å²) >= 11 is 0. The monoisotopic (exact) mass is 182 g/mol. The van der Waals surface area contributed by atoms with Crippen molar-refractivity contribution in [3.63, 3.8) is 0 Å². The number of nitrogens with one attached hydrogen (secondary N) is 2. The van der Waals surface area contributed by atoms with E-state index in [0.717, 1.165) is 12.3 Å². The van der Waals surface area contributed by atoms with Crippen LogP contribution in [-0.4, -0.2) is 25.0 Å². The van der Waals surface area contributed by atoms with Gasteiger partial charge in [0.1, 0.15) is 0 Å². The second-order valence-electron chi connectivity index (χ2n) is 3.50. The largest absolute Gasteiger partial charge is 0.352 e. The molecule has 0 spiro atoms. The van der Waals surface area contributed by atoms with E-state index < -0.39 is 0 Å². The van der Waals surface area contributed by atoms with Gasteiger partial charge in [-0.05, 0) is 12.3 Å². The van der Waals surface area contributed by atoms with Crippen LogP contribution in [0.3, 0.4) is 0 Å². The Bertz CT molecular complexity index is 191. The zero-order valence-corrected chi connectivity index (χ0v) is 8.18. The van der Waals surface area contributed by atoms with Gasteiger partial charge in [-0.1, -0.05) is 19.4 Å². The fourth-order valence-corrected chi connectivity index (χ4v) is 1.42.